The summed E-state index contributed by atoms with van der Waals surface area (Å²) in [6.07, 6.45) is -2.61. The van der Waals surface area contributed by atoms with Crippen LogP contribution in [-0.2, 0) is 0 Å². The average Bonchev–Trinajstić information content (AvgIpc) is 3.16. The minimum Gasteiger partial charge on any atom is -0.396 e. The van der Waals surface area contributed by atoms with Gasteiger partial charge in [0, 0.05) is 33.3 Å². The van der Waals surface area contributed by atoms with Crippen LogP contribution in [0.15, 0.2) is 0 Å². The van der Waals surface area contributed by atoms with Gasteiger partial charge in [-0.2, -0.15) is 0 Å². The van der Waals surface area contributed by atoms with Gasteiger partial charge in [0.25, 0.3) is 23.6 Å². The second-order valence-corrected chi connectivity index (χ2v) is 18.5. The first-order valence-corrected chi connectivity index (χ1v) is 22.8. The van der Waals surface area contributed by atoms with Crippen LogP contribution in [0.3, 0.4) is 0 Å². The molecule has 0 saturated heterocycles. The van der Waals surface area contributed by atoms with E-state index in [-0.39, 0.29) is 81.2 Å². The number of rotatable bonds is 22. The van der Waals surface area contributed by atoms with Crippen molar-refractivity contribution in [2.75, 3.05) is 89.0 Å². The number of halogens is 6. The lowest BCUT2D eigenvalue weighted by Crippen LogP contribution is -2.50. The van der Waals surface area contributed by atoms with Crippen LogP contribution in [0.5, 0.6) is 0 Å². The van der Waals surface area contributed by atoms with E-state index in [0.29, 0.717) is 10.1 Å². The van der Waals surface area contributed by atoms with E-state index >= 15 is 0 Å². The molecule has 320 valence electrons. The van der Waals surface area contributed by atoms with Crippen LogP contribution < -0.4 is 31.4 Å². The standard InChI is InChI=1S/C31H40I6N6O14/c32-19-15(27(52)38-1-3-44)21(34)25(23(36)17(19)29(54)40-5-13(50)7-46)42(56)9-31(11-48,12-49)10-43(57)26-22(35)16(28(53)39-2-4-45)20(33)18(24(26)37)30(55)41-6-14(51)8-47/h13-14,44-51,56-57H,1-12H2,(H,38,52)(H,39,53)(H,40,54)(H,41,55). The largest absolute Gasteiger partial charge is 0.396 e. The molecule has 26 heteroatoms. The zero-order valence-corrected chi connectivity index (χ0v) is 42.4. The van der Waals surface area contributed by atoms with Gasteiger partial charge in [-0.05, 0) is 136 Å². The first-order chi connectivity index (χ1) is 26.8. The van der Waals surface area contributed by atoms with Gasteiger partial charge >= 0.3 is 0 Å². The smallest absolute Gasteiger partial charge is 0.253 e. The van der Waals surface area contributed by atoms with Gasteiger partial charge in [-0.25, -0.2) is 0 Å². The Labute approximate surface area is 407 Å². The number of hydroxylamine groups is 2. The fourth-order valence-electron chi connectivity index (χ4n) is 4.89. The predicted molar refractivity (Wildman–Crippen MR) is 254 cm³/mol. The molecular formula is C31H40I6N6O14. The Morgan fingerprint density at radius 1 is 0.509 bits per heavy atom. The fraction of sp³-hybridized carbons (Fsp3) is 0.484. The van der Waals surface area contributed by atoms with Crippen LogP contribution in [0.1, 0.15) is 41.4 Å². The molecule has 20 nitrogen and oxygen atoms in total. The van der Waals surface area contributed by atoms with Crippen LogP contribution >= 0.6 is 136 Å². The lowest BCUT2D eigenvalue weighted by Gasteiger charge is -2.38. The van der Waals surface area contributed by atoms with E-state index in [9.17, 15) is 70.4 Å². The molecule has 2 atom stereocenters. The minimum atomic E-state index is -1.84. The van der Waals surface area contributed by atoms with E-state index < -0.39 is 94.0 Å². The Hall–Kier alpha value is -0.100. The van der Waals surface area contributed by atoms with Gasteiger partial charge in [0.15, 0.2) is 0 Å². The van der Waals surface area contributed by atoms with Gasteiger partial charge in [-0.1, -0.05) is 0 Å². The quantitative estimate of drug-likeness (QED) is 0.0496. The van der Waals surface area contributed by atoms with Gasteiger partial charge in [-0.3, -0.25) is 39.7 Å². The number of anilines is 2. The maximum absolute atomic E-state index is 13.5. The molecule has 0 saturated carbocycles. The van der Waals surface area contributed by atoms with Crippen LogP contribution in [-0.4, -0.2) is 166 Å². The summed E-state index contributed by atoms with van der Waals surface area (Å²) in [6, 6.07) is 0. The van der Waals surface area contributed by atoms with E-state index in [2.05, 4.69) is 21.3 Å². The number of hydrogen-bond acceptors (Lipinski definition) is 16. The Morgan fingerprint density at radius 2 is 0.789 bits per heavy atom. The van der Waals surface area contributed by atoms with Crippen molar-refractivity contribution < 1.29 is 70.4 Å². The molecule has 2 rings (SSSR count). The summed E-state index contributed by atoms with van der Waals surface area (Å²) in [6.45, 7) is -6.27. The summed E-state index contributed by atoms with van der Waals surface area (Å²) < 4.78 is 0.667. The predicted octanol–water partition coefficient (Wildman–Crippen LogP) is -1.01. The van der Waals surface area contributed by atoms with Gasteiger partial charge in [0.1, 0.15) is 0 Å². The fourth-order valence-corrected chi connectivity index (χ4v) is 14.3. The summed E-state index contributed by atoms with van der Waals surface area (Å²) in [7, 11) is 0. The number of carbonyl (C=O) groups is 4. The van der Waals surface area contributed by atoms with Crippen molar-refractivity contribution in [3.8, 4) is 0 Å². The maximum Gasteiger partial charge on any atom is 0.253 e. The van der Waals surface area contributed by atoms with Crippen molar-refractivity contribution in [3.05, 3.63) is 43.7 Å². The van der Waals surface area contributed by atoms with Crippen LogP contribution in [0.4, 0.5) is 11.4 Å². The summed E-state index contributed by atoms with van der Waals surface area (Å²) in [5, 5.41) is 113. The Balaban J connectivity index is 2.78. The zero-order chi connectivity index (χ0) is 43.4. The molecule has 57 heavy (non-hydrogen) atoms. The number of nitrogens with zero attached hydrogens (tertiary/aromatic N) is 2. The number of amides is 4. The number of aliphatic hydroxyl groups is 8. The van der Waals surface area contributed by atoms with E-state index in [1.807, 2.05) is 0 Å². The molecule has 0 aliphatic rings. The van der Waals surface area contributed by atoms with Crippen LogP contribution in [0, 0.1) is 26.8 Å². The molecule has 0 radical (unpaired) electrons. The van der Waals surface area contributed by atoms with E-state index in [1.165, 1.54) is 0 Å². The van der Waals surface area contributed by atoms with Crippen molar-refractivity contribution in [2.24, 2.45) is 5.41 Å². The average molecular weight is 1480 g/mol. The highest BCUT2D eigenvalue weighted by Gasteiger charge is 2.39. The monoisotopic (exact) mass is 1480 g/mol. The number of hydrogen-bond donors (Lipinski definition) is 14. The molecule has 2 aromatic rings. The van der Waals surface area contributed by atoms with E-state index in [0.717, 1.165) is 0 Å². The first kappa shape index (κ1) is 53.0. The van der Waals surface area contributed by atoms with Crippen molar-refractivity contribution in [2.45, 2.75) is 12.2 Å². The summed E-state index contributed by atoms with van der Waals surface area (Å²) >= 11 is 10.6. The Bertz CT molecular complexity index is 1650. The second-order valence-electron chi connectivity index (χ2n) is 12.1. The third-order valence-corrected chi connectivity index (χ3v) is 14.2. The second kappa shape index (κ2) is 25.1. The van der Waals surface area contributed by atoms with Crippen molar-refractivity contribution in [1.29, 1.82) is 0 Å². The molecular weight excluding hydrogens is 1440 g/mol. The lowest BCUT2D eigenvalue weighted by molar-refractivity contribution is 0.0299. The van der Waals surface area contributed by atoms with Crippen LogP contribution in [0.2, 0.25) is 0 Å². The Kier molecular flexibility index (Phi) is 23.4. The van der Waals surface area contributed by atoms with E-state index in [4.69, 9.17) is 0 Å². The molecule has 0 aliphatic carbocycles. The van der Waals surface area contributed by atoms with Crippen LogP contribution in [0.25, 0.3) is 0 Å². The molecule has 2 unspecified atom stereocenters. The molecule has 4 amide bonds. The highest BCUT2D eigenvalue weighted by atomic mass is 127. The lowest BCUT2D eigenvalue weighted by atomic mass is 9.89. The molecule has 14 N–H and O–H groups in total. The molecule has 0 aliphatic heterocycles. The topological polar surface area (TPSA) is 325 Å². The van der Waals surface area contributed by atoms with Crippen molar-refractivity contribution in [1.82, 2.24) is 21.3 Å². The summed E-state index contributed by atoms with van der Waals surface area (Å²) in [5.41, 5.74) is -2.48. The molecule has 0 bridgehead atoms. The van der Waals surface area contributed by atoms with Gasteiger partial charge in [0.05, 0.1) is 118 Å². The molecule has 0 fully saturated rings. The summed E-state index contributed by atoms with van der Waals surface area (Å²) in [4.78, 5) is 53.6. The number of aliphatic hydroxyl groups excluding tert-OH is 8. The Morgan fingerprint density at radius 3 is 1.04 bits per heavy atom. The molecule has 0 aromatic heterocycles. The highest BCUT2D eigenvalue weighted by molar-refractivity contribution is 14.1. The third kappa shape index (κ3) is 13.4. The third-order valence-electron chi connectivity index (χ3n) is 7.87. The van der Waals surface area contributed by atoms with Crippen molar-refractivity contribution >= 4 is 171 Å². The highest BCUT2D eigenvalue weighted by Crippen LogP contribution is 2.41. The number of benzene rings is 2. The van der Waals surface area contributed by atoms with Gasteiger partial charge in [0.2, 0.25) is 0 Å². The van der Waals surface area contributed by atoms with Gasteiger partial charge in [-0.15, -0.1) is 0 Å². The van der Waals surface area contributed by atoms with Gasteiger partial charge < -0.3 is 62.1 Å². The molecule has 2 aromatic carbocycles. The normalized spacial score (nSPS) is 12.5. The SMILES string of the molecule is O=C(NCCO)c1c(I)c(C(=O)NCC(O)CO)c(I)c(N(O)CC(CO)(CO)CN(O)c2c(I)c(C(=O)NCCO)c(I)c(C(=O)NCC(O)CO)c2I)c1I. The number of nitrogens with one attached hydrogen (secondary N) is 4. The molecule has 0 heterocycles. The summed E-state index contributed by atoms with van der Waals surface area (Å²) in [5.74, 6) is -3.03. The van der Waals surface area contributed by atoms with E-state index in [1.54, 1.807) is 136 Å². The minimum absolute atomic E-state index is 0.0818. The first-order valence-electron chi connectivity index (χ1n) is 16.3. The zero-order valence-electron chi connectivity index (χ0n) is 29.4. The van der Waals surface area contributed by atoms with Crippen molar-refractivity contribution in [3.63, 3.8) is 0 Å². The maximum atomic E-state index is 13.5. The number of carbonyl (C=O) groups excluding carboxylic acids is 4. The molecule has 0 spiro atoms.